The van der Waals surface area contributed by atoms with Crippen LogP contribution in [0.15, 0.2) is 36.7 Å². The number of benzene rings is 1. The van der Waals surface area contributed by atoms with Crippen LogP contribution in [0.2, 0.25) is 0 Å². The van der Waals surface area contributed by atoms with Crippen LogP contribution in [0, 0.1) is 5.82 Å². The monoisotopic (exact) mass is 383 g/mol. The number of piperidine rings is 1. The highest BCUT2D eigenvalue weighted by atomic mass is 19.1. The third-order valence-electron chi connectivity index (χ3n) is 5.53. The van der Waals surface area contributed by atoms with Crippen molar-refractivity contribution in [1.82, 2.24) is 14.9 Å². The van der Waals surface area contributed by atoms with Crippen LogP contribution in [0.3, 0.4) is 0 Å². The molecule has 0 radical (unpaired) electrons. The molecule has 1 amide bonds. The number of aromatic nitrogens is 2. The smallest absolute Gasteiger partial charge is 0.256 e. The molecular formula is C21H26FN5O. The Morgan fingerprint density at radius 3 is 2.25 bits per heavy atom. The molecule has 1 aromatic heterocycles. The molecule has 2 aliphatic rings. The highest BCUT2D eigenvalue weighted by Crippen LogP contribution is 2.22. The van der Waals surface area contributed by atoms with Crippen molar-refractivity contribution in [2.75, 3.05) is 49.1 Å². The van der Waals surface area contributed by atoms with E-state index in [0.29, 0.717) is 19.6 Å². The van der Waals surface area contributed by atoms with Crippen molar-refractivity contribution in [3.8, 4) is 0 Å². The van der Waals surface area contributed by atoms with E-state index in [0.717, 1.165) is 37.7 Å². The molecule has 0 N–H and O–H groups in total. The van der Waals surface area contributed by atoms with E-state index in [-0.39, 0.29) is 11.5 Å². The summed E-state index contributed by atoms with van der Waals surface area (Å²) in [6.45, 7) is 4.75. The van der Waals surface area contributed by atoms with E-state index in [2.05, 4.69) is 25.8 Å². The zero-order chi connectivity index (χ0) is 19.3. The lowest BCUT2D eigenvalue weighted by molar-refractivity contribution is 0.0762. The lowest BCUT2D eigenvalue weighted by Gasteiger charge is -2.29. The summed E-state index contributed by atoms with van der Waals surface area (Å²) in [7, 11) is 0. The van der Waals surface area contributed by atoms with E-state index < -0.39 is 5.82 Å². The standard InChI is InChI=1S/C21H26FN5O/c22-18-8-3-2-7-17(18)21(28)27-12-6-11-26(13-14-27)20-15-19(23-16-24-20)25-9-4-1-5-10-25/h2-3,7-8,15-16H,1,4-6,9-14H2. The highest BCUT2D eigenvalue weighted by molar-refractivity contribution is 5.94. The number of amides is 1. The lowest BCUT2D eigenvalue weighted by Crippen LogP contribution is -2.36. The third-order valence-corrected chi connectivity index (χ3v) is 5.53. The molecule has 4 rings (SSSR count). The lowest BCUT2D eigenvalue weighted by atomic mass is 10.1. The van der Waals surface area contributed by atoms with Crippen LogP contribution in [0.4, 0.5) is 16.0 Å². The Balaban J connectivity index is 1.44. The summed E-state index contributed by atoms with van der Waals surface area (Å²) in [5, 5.41) is 0. The molecule has 148 valence electrons. The number of halogens is 1. The SMILES string of the molecule is O=C(c1ccccc1F)N1CCCN(c2cc(N3CCCCC3)ncn2)CC1. The van der Waals surface area contributed by atoms with Gasteiger partial charge in [-0.1, -0.05) is 12.1 Å². The molecule has 0 aliphatic carbocycles. The number of hydrogen-bond acceptors (Lipinski definition) is 5. The van der Waals surface area contributed by atoms with Gasteiger partial charge in [-0.15, -0.1) is 0 Å². The van der Waals surface area contributed by atoms with Gasteiger partial charge < -0.3 is 14.7 Å². The van der Waals surface area contributed by atoms with Gasteiger partial charge in [-0.2, -0.15) is 0 Å². The molecule has 0 atom stereocenters. The first-order chi connectivity index (χ1) is 13.7. The second-order valence-corrected chi connectivity index (χ2v) is 7.39. The van der Waals surface area contributed by atoms with Gasteiger partial charge >= 0.3 is 0 Å². The minimum absolute atomic E-state index is 0.144. The van der Waals surface area contributed by atoms with Crippen LogP contribution in [-0.4, -0.2) is 60.0 Å². The number of carbonyl (C=O) groups is 1. The van der Waals surface area contributed by atoms with Crippen LogP contribution < -0.4 is 9.80 Å². The Morgan fingerprint density at radius 2 is 1.50 bits per heavy atom. The molecule has 0 saturated carbocycles. The van der Waals surface area contributed by atoms with Gasteiger partial charge in [0.05, 0.1) is 5.56 Å². The number of carbonyl (C=O) groups excluding carboxylic acids is 1. The highest BCUT2D eigenvalue weighted by Gasteiger charge is 2.23. The first kappa shape index (κ1) is 18.7. The van der Waals surface area contributed by atoms with Crippen molar-refractivity contribution < 1.29 is 9.18 Å². The van der Waals surface area contributed by atoms with Crippen molar-refractivity contribution in [1.29, 1.82) is 0 Å². The molecule has 0 unspecified atom stereocenters. The van der Waals surface area contributed by atoms with E-state index in [1.54, 1.807) is 29.4 Å². The largest absolute Gasteiger partial charge is 0.356 e. The first-order valence-corrected chi connectivity index (χ1v) is 10.1. The zero-order valence-corrected chi connectivity index (χ0v) is 16.1. The Morgan fingerprint density at radius 1 is 0.821 bits per heavy atom. The molecule has 3 heterocycles. The predicted octanol–water partition coefficient (Wildman–Crippen LogP) is 2.96. The molecule has 0 bridgehead atoms. The molecule has 0 spiro atoms. The Labute approximate surface area is 165 Å². The fourth-order valence-electron chi connectivity index (χ4n) is 3.96. The summed E-state index contributed by atoms with van der Waals surface area (Å²) < 4.78 is 14.0. The number of nitrogens with zero attached hydrogens (tertiary/aromatic N) is 5. The normalized spacial score (nSPS) is 18.1. The Hall–Kier alpha value is -2.70. The maximum Gasteiger partial charge on any atom is 0.256 e. The van der Waals surface area contributed by atoms with Crippen molar-refractivity contribution >= 4 is 17.5 Å². The van der Waals surface area contributed by atoms with Crippen molar-refractivity contribution in [3.63, 3.8) is 0 Å². The number of anilines is 2. The second kappa shape index (κ2) is 8.54. The predicted molar refractivity (Wildman–Crippen MR) is 107 cm³/mol. The fraction of sp³-hybridized carbons (Fsp3) is 0.476. The Kier molecular flexibility index (Phi) is 5.69. The van der Waals surface area contributed by atoms with Gasteiger partial charge in [0.25, 0.3) is 5.91 Å². The van der Waals surface area contributed by atoms with E-state index in [9.17, 15) is 9.18 Å². The molecule has 2 fully saturated rings. The summed E-state index contributed by atoms with van der Waals surface area (Å²) in [4.78, 5) is 27.9. The van der Waals surface area contributed by atoms with E-state index >= 15 is 0 Å². The summed E-state index contributed by atoms with van der Waals surface area (Å²) >= 11 is 0. The summed E-state index contributed by atoms with van der Waals surface area (Å²) in [6, 6.07) is 8.24. The van der Waals surface area contributed by atoms with Gasteiger partial charge in [0.1, 0.15) is 23.8 Å². The molecule has 6 nitrogen and oxygen atoms in total. The molecular weight excluding hydrogens is 357 g/mol. The van der Waals surface area contributed by atoms with Gasteiger partial charge in [0.15, 0.2) is 0 Å². The minimum atomic E-state index is -0.462. The minimum Gasteiger partial charge on any atom is -0.356 e. The summed E-state index contributed by atoms with van der Waals surface area (Å²) in [6.07, 6.45) is 6.15. The molecule has 2 saturated heterocycles. The van der Waals surface area contributed by atoms with Gasteiger partial charge in [0.2, 0.25) is 0 Å². The van der Waals surface area contributed by atoms with Crippen LogP contribution in [-0.2, 0) is 0 Å². The van der Waals surface area contributed by atoms with Crippen LogP contribution in [0.1, 0.15) is 36.0 Å². The molecule has 1 aromatic carbocycles. The van der Waals surface area contributed by atoms with E-state index in [1.165, 1.54) is 25.3 Å². The molecule has 28 heavy (non-hydrogen) atoms. The number of rotatable bonds is 3. The first-order valence-electron chi connectivity index (χ1n) is 10.1. The van der Waals surface area contributed by atoms with Crippen molar-refractivity contribution in [3.05, 3.63) is 48.0 Å². The Bertz CT molecular complexity index is 824. The van der Waals surface area contributed by atoms with Crippen molar-refractivity contribution in [2.45, 2.75) is 25.7 Å². The average Bonchev–Trinajstić information content (AvgIpc) is 3.01. The van der Waals surface area contributed by atoms with E-state index in [1.807, 2.05) is 0 Å². The van der Waals surface area contributed by atoms with Gasteiger partial charge in [0, 0.05) is 45.3 Å². The maximum absolute atomic E-state index is 14.0. The zero-order valence-electron chi connectivity index (χ0n) is 16.1. The number of hydrogen-bond donors (Lipinski definition) is 0. The second-order valence-electron chi connectivity index (χ2n) is 7.39. The average molecular weight is 383 g/mol. The van der Waals surface area contributed by atoms with Gasteiger partial charge in [-0.3, -0.25) is 4.79 Å². The third kappa shape index (κ3) is 4.08. The summed E-state index contributed by atoms with van der Waals surface area (Å²) in [5.74, 6) is 1.18. The quantitative estimate of drug-likeness (QED) is 0.816. The summed E-state index contributed by atoms with van der Waals surface area (Å²) in [5.41, 5.74) is 0.144. The van der Waals surface area contributed by atoms with Crippen LogP contribution in [0.25, 0.3) is 0 Å². The fourth-order valence-corrected chi connectivity index (χ4v) is 3.96. The molecule has 2 aromatic rings. The van der Waals surface area contributed by atoms with E-state index in [4.69, 9.17) is 0 Å². The topological polar surface area (TPSA) is 52.6 Å². The van der Waals surface area contributed by atoms with Crippen LogP contribution in [0.5, 0.6) is 0 Å². The van der Waals surface area contributed by atoms with Crippen LogP contribution >= 0.6 is 0 Å². The molecule has 7 heteroatoms. The van der Waals surface area contributed by atoms with Gasteiger partial charge in [-0.05, 0) is 37.8 Å². The van der Waals surface area contributed by atoms with Gasteiger partial charge in [-0.25, -0.2) is 14.4 Å². The molecule has 2 aliphatic heterocycles. The maximum atomic E-state index is 14.0. The van der Waals surface area contributed by atoms with Crippen molar-refractivity contribution in [2.24, 2.45) is 0 Å².